The Hall–Kier alpha value is -0.660. The lowest BCUT2D eigenvalue weighted by Gasteiger charge is -2.17. The Morgan fingerprint density at radius 1 is 0.373 bits per heavy atom. The third-order valence-corrected chi connectivity index (χ3v) is 13.9. The normalized spacial score (nSPS) is 11.1. The summed E-state index contributed by atoms with van der Waals surface area (Å²) >= 11 is 3.47. The summed E-state index contributed by atoms with van der Waals surface area (Å²) < 4.78 is 11.3. The highest BCUT2D eigenvalue weighted by molar-refractivity contribution is 9.09. The number of unbranched alkanes of at least 4 members (excludes halogenated alkanes) is 30. The molecule has 7 heteroatoms. The number of ether oxygens (including phenoxy) is 2. The summed E-state index contributed by atoms with van der Waals surface area (Å²) in [4.78, 5) is 24.2. The molecule has 0 aliphatic rings. The Labute approximate surface area is 430 Å². The molecule has 0 unspecified atom stereocenters. The summed E-state index contributed by atoms with van der Waals surface area (Å²) in [7, 11) is 0. The SMILES string of the molecule is CCCCCCC(CCCCCC)COC(=O)CCCCCCCCCBr.CCCCCCN.CCCCCCNCCCCCCCCCC(=O)OCC(CCCCCC)CCCCCC. The maximum absolute atomic E-state index is 12.2. The average Bonchev–Trinajstić information content (AvgIpc) is 3.33. The fraction of sp³-hybridized carbons (Fsp3) is 0.967. The van der Waals surface area contributed by atoms with Crippen molar-refractivity contribution in [2.75, 3.05) is 38.2 Å². The molecule has 0 radical (unpaired) electrons. The molecular formula is C60H123BrN2O4. The Balaban J connectivity index is -0.00000108. The van der Waals surface area contributed by atoms with E-state index in [1.54, 1.807) is 0 Å². The van der Waals surface area contributed by atoms with Gasteiger partial charge in [-0.1, -0.05) is 263 Å². The van der Waals surface area contributed by atoms with Crippen molar-refractivity contribution in [3.8, 4) is 0 Å². The third-order valence-electron chi connectivity index (χ3n) is 13.3. The number of alkyl halides is 1. The molecule has 0 fully saturated rings. The molecule has 0 spiro atoms. The highest BCUT2D eigenvalue weighted by Crippen LogP contribution is 2.21. The quantitative estimate of drug-likeness (QED) is 0.0358. The van der Waals surface area contributed by atoms with Gasteiger partial charge in [-0.15, -0.1) is 0 Å². The number of hydrogen-bond acceptors (Lipinski definition) is 6. The maximum Gasteiger partial charge on any atom is 0.305 e. The van der Waals surface area contributed by atoms with E-state index in [1.165, 1.54) is 270 Å². The first-order chi connectivity index (χ1) is 32.9. The Kier molecular flexibility index (Phi) is 68.8. The van der Waals surface area contributed by atoms with Crippen molar-refractivity contribution in [2.24, 2.45) is 17.6 Å². The molecule has 67 heavy (non-hydrogen) atoms. The Morgan fingerprint density at radius 3 is 0.955 bits per heavy atom. The van der Waals surface area contributed by atoms with E-state index in [9.17, 15) is 9.59 Å². The van der Waals surface area contributed by atoms with E-state index in [-0.39, 0.29) is 11.9 Å². The summed E-state index contributed by atoms with van der Waals surface area (Å²) in [5.41, 5.74) is 5.27. The highest BCUT2D eigenvalue weighted by atomic mass is 79.9. The van der Waals surface area contributed by atoms with Gasteiger partial charge in [-0.05, 0) is 95.7 Å². The number of nitrogens with two attached hydrogens (primary N) is 1. The minimum Gasteiger partial charge on any atom is -0.465 e. The zero-order valence-electron chi connectivity index (χ0n) is 46.6. The summed E-state index contributed by atoms with van der Waals surface area (Å²) in [6.07, 6.45) is 55.0. The summed E-state index contributed by atoms with van der Waals surface area (Å²) in [6.45, 7) is 18.0. The van der Waals surface area contributed by atoms with Crippen LogP contribution in [0.3, 0.4) is 0 Å². The van der Waals surface area contributed by atoms with Crippen molar-refractivity contribution in [1.82, 2.24) is 5.32 Å². The zero-order valence-corrected chi connectivity index (χ0v) is 48.2. The lowest BCUT2D eigenvalue weighted by molar-refractivity contribution is -0.146. The molecule has 0 amide bonds. The lowest BCUT2D eigenvalue weighted by Crippen LogP contribution is -2.16. The maximum atomic E-state index is 12.2. The van der Waals surface area contributed by atoms with Gasteiger partial charge in [-0.2, -0.15) is 0 Å². The number of hydrogen-bond donors (Lipinski definition) is 2. The number of nitrogens with one attached hydrogen (secondary N) is 1. The molecule has 0 saturated heterocycles. The van der Waals surface area contributed by atoms with Gasteiger partial charge in [0.25, 0.3) is 0 Å². The van der Waals surface area contributed by atoms with Crippen LogP contribution in [0.2, 0.25) is 0 Å². The first-order valence-electron chi connectivity index (χ1n) is 30.2. The van der Waals surface area contributed by atoms with Crippen LogP contribution in [0.5, 0.6) is 0 Å². The van der Waals surface area contributed by atoms with Crippen molar-refractivity contribution in [3.05, 3.63) is 0 Å². The molecule has 0 aliphatic carbocycles. The number of carbonyl (C=O) groups is 2. The smallest absolute Gasteiger partial charge is 0.305 e. The highest BCUT2D eigenvalue weighted by Gasteiger charge is 2.14. The molecule has 0 heterocycles. The van der Waals surface area contributed by atoms with E-state index in [0.29, 0.717) is 37.9 Å². The molecule has 404 valence electrons. The third kappa shape index (κ3) is 65.3. The fourth-order valence-electron chi connectivity index (χ4n) is 8.65. The van der Waals surface area contributed by atoms with E-state index < -0.39 is 0 Å². The molecule has 0 aliphatic heterocycles. The molecule has 3 N–H and O–H groups in total. The van der Waals surface area contributed by atoms with Crippen LogP contribution in [0.4, 0.5) is 0 Å². The predicted molar refractivity (Wildman–Crippen MR) is 302 cm³/mol. The second-order valence-electron chi connectivity index (χ2n) is 20.3. The Morgan fingerprint density at radius 2 is 0.642 bits per heavy atom. The molecule has 0 aromatic rings. The van der Waals surface area contributed by atoms with Crippen molar-refractivity contribution in [3.63, 3.8) is 0 Å². The Bertz CT molecular complexity index is 879. The number of rotatable bonds is 52. The molecule has 0 rings (SSSR count). The van der Waals surface area contributed by atoms with Crippen LogP contribution in [0.25, 0.3) is 0 Å². The van der Waals surface area contributed by atoms with Gasteiger partial charge in [-0.25, -0.2) is 0 Å². The van der Waals surface area contributed by atoms with E-state index >= 15 is 0 Å². The zero-order chi connectivity index (χ0) is 49.8. The minimum absolute atomic E-state index is 0.0291. The summed E-state index contributed by atoms with van der Waals surface area (Å²) in [6, 6.07) is 0. The fourth-order valence-corrected chi connectivity index (χ4v) is 9.05. The van der Waals surface area contributed by atoms with Crippen LogP contribution < -0.4 is 11.1 Å². The molecule has 0 aromatic carbocycles. The van der Waals surface area contributed by atoms with Gasteiger partial charge >= 0.3 is 11.9 Å². The van der Waals surface area contributed by atoms with Gasteiger partial charge in [0, 0.05) is 18.2 Å². The predicted octanol–water partition coefficient (Wildman–Crippen LogP) is 19.5. The van der Waals surface area contributed by atoms with Crippen LogP contribution in [0, 0.1) is 11.8 Å². The van der Waals surface area contributed by atoms with E-state index in [1.807, 2.05) is 0 Å². The van der Waals surface area contributed by atoms with Crippen LogP contribution >= 0.6 is 15.9 Å². The first-order valence-corrected chi connectivity index (χ1v) is 31.3. The van der Waals surface area contributed by atoms with Crippen LogP contribution in [-0.4, -0.2) is 50.1 Å². The molecule has 0 atom stereocenters. The van der Waals surface area contributed by atoms with Crippen LogP contribution in [-0.2, 0) is 19.1 Å². The van der Waals surface area contributed by atoms with Crippen LogP contribution in [0.1, 0.15) is 324 Å². The molecule has 0 aromatic heterocycles. The van der Waals surface area contributed by atoms with E-state index in [2.05, 4.69) is 62.8 Å². The first kappa shape index (κ1) is 70.6. The van der Waals surface area contributed by atoms with Gasteiger partial charge in [0.15, 0.2) is 0 Å². The van der Waals surface area contributed by atoms with Gasteiger partial charge in [0.05, 0.1) is 13.2 Å². The second-order valence-corrected chi connectivity index (χ2v) is 21.1. The molecular weight excluding hydrogens is 893 g/mol. The molecule has 6 nitrogen and oxygen atoms in total. The second kappa shape index (κ2) is 65.3. The van der Waals surface area contributed by atoms with Crippen molar-refractivity contribution < 1.29 is 19.1 Å². The number of carbonyl (C=O) groups excluding carboxylic acids is 2. The molecule has 0 bridgehead atoms. The number of esters is 2. The van der Waals surface area contributed by atoms with E-state index in [4.69, 9.17) is 15.2 Å². The van der Waals surface area contributed by atoms with Crippen molar-refractivity contribution in [1.29, 1.82) is 0 Å². The van der Waals surface area contributed by atoms with Crippen molar-refractivity contribution in [2.45, 2.75) is 324 Å². The minimum atomic E-state index is 0.0291. The standard InChI is InChI=1S/C30H61NO2.C24H47BrO2.C6H15N/c1-4-7-10-18-23-29(24-19-11-8-5-2)28-33-30(32)25-20-16-14-13-15-17-22-27-31-26-21-12-9-6-3;1-3-5-7-14-18-23(19-15-8-6-4-2)22-27-24(26)20-16-12-10-9-11-13-17-21-25;1-2-3-4-5-6-7/h29,31H,4-28H2,1-3H3;23H,3-22H2,1-2H3;2-7H2,1H3. The topological polar surface area (TPSA) is 90.6 Å². The molecule has 0 saturated carbocycles. The van der Waals surface area contributed by atoms with Crippen molar-refractivity contribution >= 4 is 27.9 Å². The largest absolute Gasteiger partial charge is 0.465 e. The summed E-state index contributed by atoms with van der Waals surface area (Å²) in [5.74, 6) is 1.22. The average molecular weight is 1020 g/mol. The monoisotopic (exact) mass is 1010 g/mol. The van der Waals surface area contributed by atoms with Crippen LogP contribution in [0.15, 0.2) is 0 Å². The number of halogens is 1. The van der Waals surface area contributed by atoms with E-state index in [0.717, 1.165) is 24.7 Å². The summed E-state index contributed by atoms with van der Waals surface area (Å²) in [5, 5.41) is 4.69. The lowest BCUT2D eigenvalue weighted by atomic mass is 9.95. The van der Waals surface area contributed by atoms with Gasteiger partial charge in [0.2, 0.25) is 0 Å². The van der Waals surface area contributed by atoms with Gasteiger partial charge in [0.1, 0.15) is 0 Å². The van der Waals surface area contributed by atoms with Gasteiger partial charge in [-0.3, -0.25) is 9.59 Å². The van der Waals surface area contributed by atoms with Gasteiger partial charge < -0.3 is 20.5 Å².